The Kier molecular flexibility index (Phi) is 4.66. The predicted molar refractivity (Wildman–Crippen MR) is 117 cm³/mol. The molecule has 0 aliphatic heterocycles. The number of benzene rings is 2. The van der Waals surface area contributed by atoms with E-state index in [-0.39, 0.29) is 5.91 Å². The van der Waals surface area contributed by atoms with Gasteiger partial charge in [0, 0.05) is 28.2 Å². The summed E-state index contributed by atoms with van der Waals surface area (Å²) < 4.78 is 9.37. The van der Waals surface area contributed by atoms with Gasteiger partial charge in [-0.25, -0.2) is 0 Å². The van der Waals surface area contributed by atoms with Gasteiger partial charge in [0.05, 0.1) is 18.2 Å². The highest BCUT2D eigenvalue weighted by Gasteiger charge is 2.22. The Bertz CT molecular complexity index is 1190. The van der Waals surface area contributed by atoms with Crippen molar-refractivity contribution >= 4 is 16.8 Å². The molecule has 4 aromatic rings. The summed E-state index contributed by atoms with van der Waals surface area (Å²) in [6, 6.07) is 18.1. The van der Waals surface area contributed by atoms with E-state index >= 15 is 0 Å². The summed E-state index contributed by atoms with van der Waals surface area (Å²) in [5.74, 6) is 0.579. The number of hydrogen-bond donors (Lipinski definition) is 1. The number of hydrogen-bond acceptors (Lipinski definition) is 2. The Morgan fingerprint density at radius 2 is 1.55 bits per heavy atom. The molecule has 0 saturated heterocycles. The maximum Gasteiger partial charge on any atom is 0.272 e. The van der Waals surface area contributed by atoms with Crippen LogP contribution in [0.3, 0.4) is 0 Å². The molecule has 5 heteroatoms. The lowest BCUT2D eigenvalue weighted by Crippen LogP contribution is -2.25. The molecule has 0 spiro atoms. The molecule has 0 aliphatic rings. The first-order valence-corrected chi connectivity index (χ1v) is 9.63. The molecule has 5 nitrogen and oxygen atoms in total. The fourth-order valence-corrected chi connectivity index (χ4v) is 3.84. The van der Waals surface area contributed by atoms with E-state index in [1.807, 2.05) is 55.8 Å². The lowest BCUT2D eigenvalue weighted by Gasteiger charge is -2.12. The number of amides is 1. The molecule has 0 saturated carbocycles. The molecule has 0 bridgehead atoms. The summed E-state index contributed by atoms with van der Waals surface area (Å²) in [5.41, 5.74) is 9.72. The normalized spacial score (nSPS) is 11.1. The van der Waals surface area contributed by atoms with E-state index in [1.165, 1.54) is 5.56 Å². The van der Waals surface area contributed by atoms with Crippen LogP contribution < -0.4 is 10.2 Å². The minimum absolute atomic E-state index is 0.144. The first kappa shape index (κ1) is 18.9. The molecule has 0 aliphatic carbocycles. The number of nitrogens with one attached hydrogen (secondary N) is 1. The lowest BCUT2D eigenvalue weighted by atomic mass is 10.1. The van der Waals surface area contributed by atoms with Crippen molar-refractivity contribution in [2.45, 2.75) is 27.7 Å². The van der Waals surface area contributed by atoms with Gasteiger partial charge in [0.1, 0.15) is 5.75 Å². The second-order valence-electron chi connectivity index (χ2n) is 7.41. The van der Waals surface area contributed by atoms with Crippen molar-refractivity contribution in [3.05, 3.63) is 82.8 Å². The van der Waals surface area contributed by atoms with Gasteiger partial charge in [-0.05, 0) is 70.2 Å². The number of aryl methyl sites for hydroxylation is 3. The highest BCUT2D eigenvalue weighted by atomic mass is 16.5. The number of carbonyl (C=O) groups is 1. The van der Waals surface area contributed by atoms with E-state index in [0.29, 0.717) is 5.56 Å². The number of nitrogens with zero attached hydrogens (tertiary/aromatic N) is 2. The molecule has 29 heavy (non-hydrogen) atoms. The molecular formula is C24H25N3O2. The van der Waals surface area contributed by atoms with Gasteiger partial charge in [0.25, 0.3) is 5.91 Å². The Morgan fingerprint density at radius 3 is 2.17 bits per heavy atom. The first-order valence-electron chi connectivity index (χ1n) is 9.63. The quantitative estimate of drug-likeness (QED) is 0.532. The van der Waals surface area contributed by atoms with Crippen molar-refractivity contribution in [3.8, 4) is 11.4 Å². The molecule has 0 fully saturated rings. The first-order chi connectivity index (χ1) is 13.9. The summed E-state index contributed by atoms with van der Waals surface area (Å²) in [7, 11) is 1.64. The highest BCUT2D eigenvalue weighted by molar-refractivity contribution is 6.12. The maximum absolute atomic E-state index is 13.4. The SMILES string of the molecule is COc1ccc2c(c1)c(C(=O)Nn1c(C)ccc1C)c(C)n2-c1ccc(C)cc1. The van der Waals surface area contributed by atoms with Crippen molar-refractivity contribution in [2.75, 3.05) is 12.5 Å². The topological polar surface area (TPSA) is 48.2 Å². The minimum atomic E-state index is -0.144. The van der Waals surface area contributed by atoms with Gasteiger partial charge in [-0.2, -0.15) is 0 Å². The van der Waals surface area contributed by atoms with E-state index in [1.54, 1.807) is 7.11 Å². The standard InChI is InChI=1S/C24H25N3O2/c1-15-6-10-19(11-7-15)26-18(4)23(21-14-20(29-5)12-13-22(21)26)24(28)25-27-16(2)8-9-17(27)3/h6-14H,1-5H3,(H,25,28). The summed E-state index contributed by atoms with van der Waals surface area (Å²) in [6.45, 7) is 7.99. The van der Waals surface area contributed by atoms with Crippen LogP contribution in [-0.4, -0.2) is 22.3 Å². The van der Waals surface area contributed by atoms with Crippen LogP contribution in [0.1, 0.15) is 33.0 Å². The van der Waals surface area contributed by atoms with Crippen molar-refractivity contribution < 1.29 is 9.53 Å². The molecule has 0 unspecified atom stereocenters. The molecule has 148 valence electrons. The van der Waals surface area contributed by atoms with E-state index in [9.17, 15) is 4.79 Å². The number of methoxy groups -OCH3 is 1. The second kappa shape index (κ2) is 7.17. The number of rotatable bonds is 4. The molecule has 2 aromatic carbocycles. The molecule has 1 N–H and O–H groups in total. The van der Waals surface area contributed by atoms with Crippen LogP contribution >= 0.6 is 0 Å². The molecule has 1 amide bonds. The van der Waals surface area contributed by atoms with Crippen molar-refractivity contribution in [2.24, 2.45) is 0 Å². The molecule has 2 aromatic heterocycles. The van der Waals surface area contributed by atoms with E-state index in [2.05, 4.69) is 41.2 Å². The van der Waals surface area contributed by atoms with Crippen LogP contribution in [0.4, 0.5) is 0 Å². The summed E-state index contributed by atoms with van der Waals surface area (Å²) in [4.78, 5) is 13.4. The average molecular weight is 387 g/mol. The van der Waals surface area contributed by atoms with Crippen LogP contribution in [0, 0.1) is 27.7 Å². The Balaban J connectivity index is 1.91. The lowest BCUT2D eigenvalue weighted by molar-refractivity contribution is 0.101. The summed E-state index contributed by atoms with van der Waals surface area (Å²) in [6.07, 6.45) is 0. The zero-order chi connectivity index (χ0) is 20.7. The second-order valence-corrected chi connectivity index (χ2v) is 7.41. The Morgan fingerprint density at radius 1 is 0.897 bits per heavy atom. The highest BCUT2D eigenvalue weighted by Crippen LogP contribution is 2.32. The summed E-state index contributed by atoms with van der Waals surface area (Å²) >= 11 is 0. The molecule has 2 heterocycles. The summed E-state index contributed by atoms with van der Waals surface area (Å²) in [5, 5.41) is 0.863. The predicted octanol–water partition coefficient (Wildman–Crippen LogP) is 5.06. The van der Waals surface area contributed by atoms with E-state index < -0.39 is 0 Å². The van der Waals surface area contributed by atoms with Crippen LogP contribution in [0.2, 0.25) is 0 Å². The fourth-order valence-electron chi connectivity index (χ4n) is 3.84. The van der Waals surface area contributed by atoms with Gasteiger partial charge in [-0.15, -0.1) is 0 Å². The molecule has 0 radical (unpaired) electrons. The van der Waals surface area contributed by atoms with Gasteiger partial charge < -0.3 is 9.30 Å². The number of fused-ring (bicyclic) bond motifs is 1. The van der Waals surface area contributed by atoms with Crippen LogP contribution in [0.25, 0.3) is 16.6 Å². The van der Waals surface area contributed by atoms with Gasteiger partial charge in [-0.1, -0.05) is 17.7 Å². The Labute approximate surface area is 170 Å². The van der Waals surface area contributed by atoms with E-state index in [4.69, 9.17) is 4.74 Å². The van der Waals surface area contributed by atoms with Crippen molar-refractivity contribution in [1.82, 2.24) is 9.24 Å². The van der Waals surface area contributed by atoms with Gasteiger partial charge in [0.15, 0.2) is 0 Å². The number of ether oxygens (including phenoxy) is 1. The van der Waals surface area contributed by atoms with Crippen LogP contribution in [0.5, 0.6) is 5.75 Å². The zero-order valence-electron chi connectivity index (χ0n) is 17.4. The van der Waals surface area contributed by atoms with E-state index in [0.717, 1.165) is 39.4 Å². The van der Waals surface area contributed by atoms with Gasteiger partial charge in [0.2, 0.25) is 0 Å². The largest absolute Gasteiger partial charge is 0.497 e. The number of carbonyl (C=O) groups excluding carboxylic acids is 1. The van der Waals surface area contributed by atoms with Crippen LogP contribution in [-0.2, 0) is 0 Å². The van der Waals surface area contributed by atoms with Gasteiger partial charge >= 0.3 is 0 Å². The molecule has 4 rings (SSSR count). The Hall–Kier alpha value is -3.47. The van der Waals surface area contributed by atoms with Crippen molar-refractivity contribution in [3.63, 3.8) is 0 Å². The fraction of sp³-hybridized carbons (Fsp3) is 0.208. The average Bonchev–Trinajstić information content (AvgIpc) is 3.18. The zero-order valence-corrected chi connectivity index (χ0v) is 17.4. The van der Waals surface area contributed by atoms with Crippen LogP contribution in [0.15, 0.2) is 54.6 Å². The molecule has 0 atom stereocenters. The maximum atomic E-state index is 13.4. The third-order valence-corrected chi connectivity index (χ3v) is 5.41. The third kappa shape index (κ3) is 3.18. The third-order valence-electron chi connectivity index (χ3n) is 5.41. The van der Waals surface area contributed by atoms with Crippen molar-refractivity contribution in [1.29, 1.82) is 0 Å². The molecular weight excluding hydrogens is 362 g/mol. The monoisotopic (exact) mass is 387 g/mol. The number of aromatic nitrogens is 2. The van der Waals surface area contributed by atoms with Gasteiger partial charge in [-0.3, -0.25) is 14.9 Å². The smallest absolute Gasteiger partial charge is 0.272 e. The minimum Gasteiger partial charge on any atom is -0.497 e.